The lowest BCUT2D eigenvalue weighted by atomic mass is 10.1. The molecule has 4 nitrogen and oxygen atoms in total. The number of aliphatic hydroxyl groups is 1. The Labute approximate surface area is 119 Å². The van der Waals surface area contributed by atoms with Crippen LogP contribution in [0.3, 0.4) is 0 Å². The Bertz CT molecular complexity index is 582. The summed E-state index contributed by atoms with van der Waals surface area (Å²) in [5, 5.41) is 12.4. The third-order valence-corrected chi connectivity index (χ3v) is 3.09. The fourth-order valence-electron chi connectivity index (χ4n) is 1.67. The fourth-order valence-corrected chi connectivity index (χ4v) is 1.91. The van der Waals surface area contributed by atoms with Crippen LogP contribution >= 0.6 is 15.9 Å². The average Bonchev–Trinajstić information content (AvgIpc) is 2.39. The van der Waals surface area contributed by atoms with E-state index in [1.165, 1.54) is 0 Å². The molecule has 5 heteroatoms. The molecule has 98 valence electrons. The van der Waals surface area contributed by atoms with Crippen LogP contribution in [0.25, 0.3) is 0 Å². The minimum atomic E-state index is -0.644. The van der Waals surface area contributed by atoms with Crippen LogP contribution in [0.15, 0.2) is 47.1 Å². The summed E-state index contributed by atoms with van der Waals surface area (Å²) in [4.78, 5) is 16.1. The van der Waals surface area contributed by atoms with E-state index in [2.05, 4.69) is 26.2 Å². The van der Waals surface area contributed by atoms with Gasteiger partial charge in [-0.2, -0.15) is 0 Å². The highest BCUT2D eigenvalue weighted by atomic mass is 79.9. The van der Waals surface area contributed by atoms with Crippen LogP contribution in [-0.4, -0.2) is 16.0 Å². The van der Waals surface area contributed by atoms with Crippen LogP contribution < -0.4 is 5.32 Å². The van der Waals surface area contributed by atoms with Crippen LogP contribution in [0.2, 0.25) is 0 Å². The molecule has 0 fully saturated rings. The first kappa shape index (κ1) is 13.7. The Kier molecular flexibility index (Phi) is 4.29. The van der Waals surface area contributed by atoms with Gasteiger partial charge in [0, 0.05) is 21.9 Å². The Hall–Kier alpha value is -1.72. The summed E-state index contributed by atoms with van der Waals surface area (Å²) in [5.41, 5.74) is 1.59. The van der Waals surface area contributed by atoms with Gasteiger partial charge in [0.15, 0.2) is 0 Å². The number of rotatable bonds is 3. The standard InChI is InChI=1S/C14H13BrN2O2/c1-9(18)11-4-2-3-5-12(11)17-14(19)13-7-6-10(15)8-16-13/h2-9,18H,1H3,(H,17,19). The molecule has 1 aromatic carbocycles. The zero-order chi connectivity index (χ0) is 13.8. The van der Waals surface area contributed by atoms with Gasteiger partial charge in [-0.1, -0.05) is 18.2 Å². The number of carbonyl (C=O) groups is 1. The SMILES string of the molecule is CC(O)c1ccccc1NC(=O)c1ccc(Br)cn1. The largest absolute Gasteiger partial charge is 0.389 e. The molecule has 0 spiro atoms. The predicted molar refractivity (Wildman–Crippen MR) is 77.0 cm³/mol. The number of aromatic nitrogens is 1. The smallest absolute Gasteiger partial charge is 0.274 e. The molecule has 0 saturated carbocycles. The predicted octanol–water partition coefficient (Wildman–Crippen LogP) is 3.15. The van der Waals surface area contributed by atoms with E-state index in [1.54, 1.807) is 43.5 Å². The number of carbonyl (C=O) groups excluding carboxylic acids is 1. The highest BCUT2D eigenvalue weighted by molar-refractivity contribution is 9.10. The van der Waals surface area contributed by atoms with Crippen molar-refractivity contribution in [2.45, 2.75) is 13.0 Å². The molecule has 1 heterocycles. The van der Waals surface area contributed by atoms with E-state index in [-0.39, 0.29) is 5.91 Å². The number of pyridine rings is 1. The molecule has 19 heavy (non-hydrogen) atoms. The van der Waals surface area contributed by atoms with Gasteiger partial charge in [-0.25, -0.2) is 4.98 Å². The van der Waals surface area contributed by atoms with Crippen molar-refractivity contribution in [3.8, 4) is 0 Å². The second-order valence-electron chi connectivity index (χ2n) is 4.08. The molecule has 0 aliphatic heterocycles. The van der Waals surface area contributed by atoms with E-state index < -0.39 is 6.10 Å². The van der Waals surface area contributed by atoms with Gasteiger partial charge in [-0.3, -0.25) is 4.79 Å². The zero-order valence-electron chi connectivity index (χ0n) is 10.3. The lowest BCUT2D eigenvalue weighted by Gasteiger charge is -2.12. The van der Waals surface area contributed by atoms with E-state index in [4.69, 9.17) is 0 Å². The Balaban J connectivity index is 2.22. The van der Waals surface area contributed by atoms with Gasteiger partial charge in [-0.15, -0.1) is 0 Å². The second-order valence-corrected chi connectivity index (χ2v) is 4.99. The summed E-state index contributed by atoms with van der Waals surface area (Å²) in [6.45, 7) is 1.66. The molecular formula is C14H13BrN2O2. The van der Waals surface area contributed by atoms with E-state index >= 15 is 0 Å². The number of para-hydroxylation sites is 1. The van der Waals surface area contributed by atoms with Gasteiger partial charge < -0.3 is 10.4 Å². The van der Waals surface area contributed by atoms with Gasteiger partial charge in [0.1, 0.15) is 5.69 Å². The molecule has 1 amide bonds. The Morgan fingerprint density at radius 1 is 1.32 bits per heavy atom. The van der Waals surface area contributed by atoms with Crippen molar-refractivity contribution in [3.63, 3.8) is 0 Å². The van der Waals surface area contributed by atoms with E-state index in [0.717, 1.165) is 4.47 Å². The van der Waals surface area contributed by atoms with Crippen LogP contribution in [0.1, 0.15) is 29.1 Å². The van der Waals surface area contributed by atoms with E-state index in [9.17, 15) is 9.90 Å². The molecular weight excluding hydrogens is 308 g/mol. The summed E-state index contributed by atoms with van der Waals surface area (Å²) < 4.78 is 0.813. The zero-order valence-corrected chi connectivity index (χ0v) is 11.9. The third kappa shape index (κ3) is 3.39. The number of nitrogens with zero attached hydrogens (tertiary/aromatic N) is 1. The van der Waals surface area contributed by atoms with E-state index in [0.29, 0.717) is 16.9 Å². The molecule has 1 atom stereocenters. The van der Waals surface area contributed by atoms with Crippen molar-refractivity contribution in [2.24, 2.45) is 0 Å². The number of benzene rings is 1. The van der Waals surface area contributed by atoms with Crippen LogP contribution in [0, 0.1) is 0 Å². The summed E-state index contributed by atoms with van der Waals surface area (Å²) in [6.07, 6.45) is 0.921. The first-order valence-electron chi connectivity index (χ1n) is 5.78. The van der Waals surface area contributed by atoms with Gasteiger partial charge >= 0.3 is 0 Å². The fraction of sp³-hybridized carbons (Fsp3) is 0.143. The number of halogens is 1. The third-order valence-electron chi connectivity index (χ3n) is 2.62. The van der Waals surface area contributed by atoms with Gasteiger partial charge in [0.05, 0.1) is 6.10 Å². The number of nitrogens with one attached hydrogen (secondary N) is 1. The van der Waals surface area contributed by atoms with Crippen LogP contribution in [-0.2, 0) is 0 Å². The maximum Gasteiger partial charge on any atom is 0.274 e. The topological polar surface area (TPSA) is 62.2 Å². The molecule has 0 radical (unpaired) electrons. The Morgan fingerprint density at radius 3 is 2.68 bits per heavy atom. The van der Waals surface area contributed by atoms with Gasteiger partial charge in [0.25, 0.3) is 5.91 Å². The van der Waals surface area contributed by atoms with Crippen molar-refractivity contribution in [1.29, 1.82) is 0 Å². The molecule has 0 aliphatic rings. The lowest BCUT2D eigenvalue weighted by Crippen LogP contribution is -2.15. The number of hydrogen-bond donors (Lipinski definition) is 2. The average molecular weight is 321 g/mol. The minimum Gasteiger partial charge on any atom is -0.389 e. The molecule has 0 aliphatic carbocycles. The quantitative estimate of drug-likeness (QED) is 0.913. The molecule has 1 aromatic heterocycles. The molecule has 2 N–H and O–H groups in total. The van der Waals surface area contributed by atoms with Crippen LogP contribution in [0.4, 0.5) is 5.69 Å². The monoisotopic (exact) mass is 320 g/mol. The van der Waals surface area contributed by atoms with Crippen molar-refractivity contribution in [1.82, 2.24) is 4.98 Å². The Morgan fingerprint density at radius 2 is 2.05 bits per heavy atom. The summed E-state index contributed by atoms with van der Waals surface area (Å²) in [6, 6.07) is 10.5. The van der Waals surface area contributed by atoms with Crippen molar-refractivity contribution in [2.75, 3.05) is 5.32 Å². The maximum atomic E-state index is 12.0. The van der Waals surface area contributed by atoms with Gasteiger partial charge in [0.2, 0.25) is 0 Å². The molecule has 1 unspecified atom stereocenters. The van der Waals surface area contributed by atoms with Gasteiger partial charge in [-0.05, 0) is 41.1 Å². The number of aliphatic hydroxyl groups excluding tert-OH is 1. The summed E-state index contributed by atoms with van der Waals surface area (Å²) in [5.74, 6) is -0.305. The van der Waals surface area contributed by atoms with Crippen molar-refractivity contribution < 1.29 is 9.90 Å². The highest BCUT2D eigenvalue weighted by Crippen LogP contribution is 2.22. The molecule has 0 saturated heterocycles. The van der Waals surface area contributed by atoms with Crippen LogP contribution in [0.5, 0.6) is 0 Å². The number of hydrogen-bond acceptors (Lipinski definition) is 3. The summed E-state index contributed by atoms with van der Waals surface area (Å²) >= 11 is 3.26. The maximum absolute atomic E-state index is 12.0. The molecule has 2 aromatic rings. The second kappa shape index (κ2) is 5.95. The van der Waals surface area contributed by atoms with Crippen molar-refractivity contribution >= 4 is 27.5 Å². The highest BCUT2D eigenvalue weighted by Gasteiger charge is 2.12. The summed E-state index contributed by atoms with van der Waals surface area (Å²) in [7, 11) is 0. The van der Waals surface area contributed by atoms with Crippen molar-refractivity contribution in [3.05, 3.63) is 58.3 Å². The number of anilines is 1. The first-order chi connectivity index (χ1) is 9.08. The minimum absolute atomic E-state index is 0.305. The molecule has 2 rings (SSSR count). The number of amides is 1. The van der Waals surface area contributed by atoms with E-state index in [1.807, 2.05) is 6.07 Å². The lowest BCUT2D eigenvalue weighted by molar-refractivity contribution is 0.102. The first-order valence-corrected chi connectivity index (χ1v) is 6.57. The normalized spacial score (nSPS) is 11.9. The molecule has 0 bridgehead atoms.